The van der Waals surface area contributed by atoms with Gasteiger partial charge in [0.2, 0.25) is 5.91 Å². The summed E-state index contributed by atoms with van der Waals surface area (Å²) in [6.07, 6.45) is 2.24. The average molecular weight is 296 g/mol. The minimum absolute atomic E-state index is 0.0831. The molecule has 22 heavy (non-hydrogen) atoms. The van der Waals surface area contributed by atoms with Gasteiger partial charge in [-0.1, -0.05) is 42.5 Å². The van der Waals surface area contributed by atoms with Gasteiger partial charge in [0.15, 0.2) is 0 Å². The van der Waals surface area contributed by atoms with Crippen LogP contribution in [0.5, 0.6) is 0 Å². The Hall–Kier alpha value is -1.87. The van der Waals surface area contributed by atoms with Crippen molar-refractivity contribution in [1.82, 2.24) is 10.2 Å². The second-order valence-corrected chi connectivity index (χ2v) is 6.24. The van der Waals surface area contributed by atoms with Crippen LogP contribution in [0.15, 0.2) is 42.5 Å². The number of hydrogen-bond donors (Lipinski definition) is 1. The fourth-order valence-electron chi connectivity index (χ4n) is 3.31. The van der Waals surface area contributed by atoms with Gasteiger partial charge in [-0.3, -0.25) is 4.79 Å². The third-order valence-electron chi connectivity index (χ3n) is 4.79. The molecule has 116 valence electrons. The van der Waals surface area contributed by atoms with Crippen molar-refractivity contribution >= 4 is 16.7 Å². The molecule has 1 aliphatic heterocycles. The van der Waals surface area contributed by atoms with Gasteiger partial charge in [0.25, 0.3) is 0 Å². The topological polar surface area (TPSA) is 32.3 Å². The van der Waals surface area contributed by atoms with Gasteiger partial charge in [0, 0.05) is 19.1 Å². The van der Waals surface area contributed by atoms with Gasteiger partial charge in [-0.25, -0.2) is 0 Å². The van der Waals surface area contributed by atoms with Crippen molar-refractivity contribution in [2.24, 2.45) is 0 Å². The number of hydrogen-bond acceptors (Lipinski definition) is 2. The fraction of sp³-hybridized carbons (Fsp3) is 0.421. The second-order valence-electron chi connectivity index (χ2n) is 6.24. The first-order chi connectivity index (χ1) is 10.7. The number of piperidine rings is 1. The van der Waals surface area contributed by atoms with E-state index in [9.17, 15) is 4.79 Å². The van der Waals surface area contributed by atoms with Crippen LogP contribution in [0.4, 0.5) is 0 Å². The molecule has 0 aliphatic carbocycles. The summed E-state index contributed by atoms with van der Waals surface area (Å²) in [7, 11) is 1.98. The van der Waals surface area contributed by atoms with Crippen LogP contribution in [0, 0.1) is 0 Å². The van der Waals surface area contributed by atoms with Crippen molar-refractivity contribution in [2.75, 3.05) is 20.1 Å². The van der Waals surface area contributed by atoms with Crippen LogP contribution in [0.3, 0.4) is 0 Å². The summed E-state index contributed by atoms with van der Waals surface area (Å²) in [6.45, 7) is 3.73. The van der Waals surface area contributed by atoms with E-state index in [1.54, 1.807) is 0 Å². The minimum atomic E-state index is -0.0831. The number of likely N-dealkylation sites (tertiary alicyclic amines) is 1. The van der Waals surface area contributed by atoms with Crippen molar-refractivity contribution in [3.8, 4) is 0 Å². The van der Waals surface area contributed by atoms with E-state index in [1.807, 2.05) is 31.0 Å². The Balaban J connectivity index is 1.79. The number of nitrogens with one attached hydrogen (secondary N) is 1. The highest BCUT2D eigenvalue weighted by Gasteiger charge is 2.26. The molecule has 3 nitrogen and oxygen atoms in total. The zero-order valence-electron chi connectivity index (χ0n) is 13.4. The Morgan fingerprint density at radius 2 is 2.00 bits per heavy atom. The summed E-state index contributed by atoms with van der Waals surface area (Å²) >= 11 is 0. The van der Waals surface area contributed by atoms with Crippen LogP contribution < -0.4 is 5.32 Å². The zero-order valence-corrected chi connectivity index (χ0v) is 13.4. The van der Waals surface area contributed by atoms with Gasteiger partial charge in [-0.15, -0.1) is 0 Å². The van der Waals surface area contributed by atoms with E-state index >= 15 is 0 Å². The molecule has 1 aliphatic rings. The predicted octanol–water partition coefficient (Wildman–Crippen LogP) is 3.15. The lowest BCUT2D eigenvalue weighted by atomic mass is 9.95. The standard InChI is InChI=1S/C19H24N2O/c1-14(19(22)21-11-5-8-18(13-21)20-2)16-10-9-15-6-3-4-7-17(15)12-16/h3-4,6-7,9-10,12,14,18,20H,5,8,11,13H2,1-2H3. The lowest BCUT2D eigenvalue weighted by molar-refractivity contribution is -0.133. The van der Waals surface area contributed by atoms with E-state index in [0.717, 1.165) is 31.5 Å². The molecule has 1 heterocycles. The van der Waals surface area contributed by atoms with Crippen molar-refractivity contribution in [2.45, 2.75) is 31.7 Å². The molecule has 0 spiro atoms. The van der Waals surface area contributed by atoms with Crippen LogP contribution >= 0.6 is 0 Å². The Bertz CT molecular complexity index is 667. The maximum Gasteiger partial charge on any atom is 0.229 e. The molecule has 0 saturated carbocycles. The van der Waals surface area contributed by atoms with Crippen LogP contribution in [-0.4, -0.2) is 37.0 Å². The number of likely N-dealkylation sites (N-methyl/N-ethyl adjacent to an activating group) is 1. The maximum atomic E-state index is 12.8. The third-order valence-corrected chi connectivity index (χ3v) is 4.79. The lowest BCUT2D eigenvalue weighted by Crippen LogP contribution is -2.48. The Kier molecular flexibility index (Phi) is 4.44. The van der Waals surface area contributed by atoms with Crippen molar-refractivity contribution in [1.29, 1.82) is 0 Å². The summed E-state index contributed by atoms with van der Waals surface area (Å²) in [5, 5.41) is 5.72. The summed E-state index contributed by atoms with van der Waals surface area (Å²) in [5.74, 6) is 0.162. The second kappa shape index (κ2) is 6.49. The summed E-state index contributed by atoms with van der Waals surface area (Å²) < 4.78 is 0. The molecular formula is C19H24N2O. The van der Waals surface area contributed by atoms with Crippen molar-refractivity contribution in [3.63, 3.8) is 0 Å². The molecule has 2 unspecified atom stereocenters. The number of fused-ring (bicyclic) bond motifs is 1. The van der Waals surface area contributed by atoms with E-state index in [1.165, 1.54) is 10.8 Å². The molecule has 1 amide bonds. The molecule has 0 aromatic heterocycles. The zero-order chi connectivity index (χ0) is 15.5. The summed E-state index contributed by atoms with van der Waals surface area (Å²) in [5.41, 5.74) is 1.11. The number of nitrogens with zero attached hydrogens (tertiary/aromatic N) is 1. The Labute approximate surface area is 132 Å². The van der Waals surface area contributed by atoms with Gasteiger partial charge in [0.1, 0.15) is 0 Å². The highest BCUT2D eigenvalue weighted by molar-refractivity contribution is 5.87. The predicted molar refractivity (Wildman–Crippen MR) is 91.0 cm³/mol. The Morgan fingerprint density at radius 3 is 2.77 bits per heavy atom. The first-order valence-corrected chi connectivity index (χ1v) is 8.14. The number of carbonyl (C=O) groups excluding carboxylic acids is 1. The maximum absolute atomic E-state index is 12.8. The molecule has 3 rings (SSSR count). The normalized spacial score (nSPS) is 20.1. The first kappa shape index (κ1) is 15.0. The van der Waals surface area contributed by atoms with E-state index < -0.39 is 0 Å². The molecule has 1 saturated heterocycles. The highest BCUT2D eigenvalue weighted by Crippen LogP contribution is 2.24. The van der Waals surface area contributed by atoms with E-state index in [2.05, 4.69) is 35.6 Å². The van der Waals surface area contributed by atoms with Crippen LogP contribution in [0.25, 0.3) is 10.8 Å². The van der Waals surface area contributed by atoms with Gasteiger partial charge in [-0.05, 0) is 43.1 Å². The molecule has 1 N–H and O–H groups in total. The van der Waals surface area contributed by atoms with Gasteiger partial charge >= 0.3 is 0 Å². The van der Waals surface area contributed by atoms with Gasteiger partial charge in [0.05, 0.1) is 5.92 Å². The lowest BCUT2D eigenvalue weighted by Gasteiger charge is -2.34. The Morgan fingerprint density at radius 1 is 1.23 bits per heavy atom. The first-order valence-electron chi connectivity index (χ1n) is 8.14. The summed E-state index contributed by atoms with van der Waals surface area (Å²) in [4.78, 5) is 14.8. The molecule has 1 fully saturated rings. The smallest absolute Gasteiger partial charge is 0.229 e. The van der Waals surface area contributed by atoms with Crippen molar-refractivity contribution < 1.29 is 4.79 Å². The number of carbonyl (C=O) groups is 1. The largest absolute Gasteiger partial charge is 0.341 e. The van der Waals surface area contributed by atoms with E-state index in [-0.39, 0.29) is 11.8 Å². The third kappa shape index (κ3) is 3.00. The average Bonchev–Trinajstić information content (AvgIpc) is 2.60. The number of rotatable bonds is 3. The minimum Gasteiger partial charge on any atom is -0.341 e. The number of amides is 1. The molecular weight excluding hydrogens is 272 g/mol. The van der Waals surface area contributed by atoms with Gasteiger partial charge < -0.3 is 10.2 Å². The molecule has 2 aromatic carbocycles. The van der Waals surface area contributed by atoms with Crippen LogP contribution in [0.1, 0.15) is 31.2 Å². The molecule has 2 atom stereocenters. The van der Waals surface area contributed by atoms with Gasteiger partial charge in [-0.2, -0.15) is 0 Å². The molecule has 0 radical (unpaired) electrons. The van der Waals surface area contributed by atoms with E-state index in [0.29, 0.717) is 6.04 Å². The van der Waals surface area contributed by atoms with Crippen LogP contribution in [0.2, 0.25) is 0 Å². The summed E-state index contributed by atoms with van der Waals surface area (Å²) in [6, 6.07) is 15.1. The SMILES string of the molecule is CNC1CCCN(C(=O)C(C)c2ccc3ccccc3c2)C1. The van der Waals surface area contributed by atoms with Crippen LogP contribution in [-0.2, 0) is 4.79 Å². The fourth-order valence-corrected chi connectivity index (χ4v) is 3.31. The number of benzene rings is 2. The quantitative estimate of drug-likeness (QED) is 0.943. The van der Waals surface area contributed by atoms with Crippen molar-refractivity contribution in [3.05, 3.63) is 48.0 Å². The molecule has 0 bridgehead atoms. The van der Waals surface area contributed by atoms with E-state index in [4.69, 9.17) is 0 Å². The highest BCUT2D eigenvalue weighted by atomic mass is 16.2. The molecule has 3 heteroatoms. The monoisotopic (exact) mass is 296 g/mol. The molecule has 2 aromatic rings.